The molecule has 20 heavy (non-hydrogen) atoms. The highest BCUT2D eigenvalue weighted by Gasteiger charge is 2.15. The second-order valence-corrected chi connectivity index (χ2v) is 4.59. The number of rotatable bonds is 4. The topological polar surface area (TPSA) is 72.6 Å². The maximum absolute atomic E-state index is 10.9. The lowest BCUT2D eigenvalue weighted by Crippen LogP contribution is -1.95. The van der Waals surface area contributed by atoms with Gasteiger partial charge in [0.15, 0.2) is 0 Å². The summed E-state index contributed by atoms with van der Waals surface area (Å²) in [6.45, 7) is 1.50. The number of benzene rings is 2. The number of hydrogen-bond donors (Lipinski definition) is 1. The maximum atomic E-state index is 10.9. The van der Waals surface area contributed by atoms with Crippen molar-refractivity contribution in [3.8, 4) is 11.5 Å². The first-order valence-corrected chi connectivity index (χ1v) is 6.22. The van der Waals surface area contributed by atoms with Gasteiger partial charge in [0.2, 0.25) is 0 Å². The minimum Gasteiger partial charge on any atom is -0.455 e. The van der Waals surface area contributed by atoms with Crippen molar-refractivity contribution in [2.75, 3.05) is 0 Å². The van der Waals surface area contributed by atoms with Gasteiger partial charge in [-0.2, -0.15) is 0 Å². The minimum absolute atomic E-state index is 0.00870. The number of aliphatic hydroxyl groups excluding tert-OH is 1. The molecular weight excluding hydrogens is 282 g/mol. The highest BCUT2D eigenvalue weighted by atomic mass is 35.5. The van der Waals surface area contributed by atoms with Gasteiger partial charge in [-0.15, -0.1) is 0 Å². The average Bonchev–Trinajstić information content (AvgIpc) is 2.42. The molecule has 0 radical (unpaired) electrons. The van der Waals surface area contributed by atoms with Crippen LogP contribution in [0.15, 0.2) is 36.4 Å². The molecule has 0 saturated carbocycles. The van der Waals surface area contributed by atoms with Gasteiger partial charge in [-0.05, 0) is 30.7 Å². The molecule has 5 nitrogen and oxygen atoms in total. The van der Waals surface area contributed by atoms with E-state index in [2.05, 4.69) is 0 Å². The molecule has 0 aliphatic rings. The third-order valence-corrected chi connectivity index (χ3v) is 3.15. The van der Waals surface area contributed by atoms with Gasteiger partial charge in [-0.3, -0.25) is 10.1 Å². The first-order chi connectivity index (χ1) is 9.52. The van der Waals surface area contributed by atoms with Crippen LogP contribution in [-0.2, 0) is 6.61 Å². The molecule has 0 fully saturated rings. The van der Waals surface area contributed by atoms with Gasteiger partial charge in [0.1, 0.15) is 11.5 Å². The summed E-state index contributed by atoms with van der Waals surface area (Å²) in [5, 5.41) is 20.2. The Labute approximate surface area is 120 Å². The lowest BCUT2D eigenvalue weighted by Gasteiger charge is -2.10. The van der Waals surface area contributed by atoms with Crippen molar-refractivity contribution >= 4 is 17.3 Å². The van der Waals surface area contributed by atoms with Crippen LogP contribution in [0.5, 0.6) is 11.5 Å². The predicted octanol–water partition coefficient (Wildman–Crippen LogP) is 3.84. The average molecular weight is 294 g/mol. The number of nitro groups is 1. The molecule has 0 aromatic heterocycles. The molecule has 0 spiro atoms. The van der Waals surface area contributed by atoms with Crippen LogP contribution in [0.4, 0.5) is 5.69 Å². The Morgan fingerprint density at radius 2 is 2.05 bits per heavy atom. The van der Waals surface area contributed by atoms with Gasteiger partial charge in [-0.25, -0.2) is 0 Å². The van der Waals surface area contributed by atoms with Crippen molar-refractivity contribution in [2.24, 2.45) is 0 Å². The zero-order chi connectivity index (χ0) is 14.7. The Kier molecular flexibility index (Phi) is 4.22. The van der Waals surface area contributed by atoms with Crippen LogP contribution in [-0.4, -0.2) is 10.0 Å². The van der Waals surface area contributed by atoms with E-state index >= 15 is 0 Å². The molecule has 0 heterocycles. The molecular formula is C14H12ClNO4. The summed E-state index contributed by atoms with van der Waals surface area (Å²) in [6, 6.07) is 9.48. The number of hydrogen-bond acceptors (Lipinski definition) is 4. The normalized spacial score (nSPS) is 10.3. The van der Waals surface area contributed by atoms with E-state index in [9.17, 15) is 10.1 Å². The smallest absolute Gasteiger partial charge is 0.276 e. The first-order valence-electron chi connectivity index (χ1n) is 5.84. The molecule has 2 rings (SSSR count). The zero-order valence-corrected chi connectivity index (χ0v) is 11.4. The monoisotopic (exact) mass is 293 g/mol. The van der Waals surface area contributed by atoms with Crippen LogP contribution >= 0.6 is 11.6 Å². The third-order valence-electron chi connectivity index (χ3n) is 2.85. The third kappa shape index (κ3) is 2.89. The van der Waals surface area contributed by atoms with Gasteiger partial charge < -0.3 is 9.84 Å². The Hall–Kier alpha value is -2.11. The van der Waals surface area contributed by atoms with Crippen molar-refractivity contribution < 1.29 is 14.8 Å². The Morgan fingerprint density at radius 3 is 2.65 bits per heavy atom. The van der Waals surface area contributed by atoms with E-state index in [4.69, 9.17) is 21.4 Å². The minimum atomic E-state index is -0.460. The second-order valence-electron chi connectivity index (χ2n) is 4.18. The van der Waals surface area contributed by atoms with Gasteiger partial charge in [-0.1, -0.05) is 23.7 Å². The molecule has 0 unspecified atom stereocenters. The van der Waals surface area contributed by atoms with Crippen LogP contribution in [0.3, 0.4) is 0 Å². The van der Waals surface area contributed by atoms with Gasteiger partial charge >= 0.3 is 0 Å². The van der Waals surface area contributed by atoms with E-state index in [-0.39, 0.29) is 12.3 Å². The van der Waals surface area contributed by atoms with Crippen molar-refractivity contribution in [3.63, 3.8) is 0 Å². The van der Waals surface area contributed by atoms with Crippen molar-refractivity contribution in [2.45, 2.75) is 13.5 Å². The van der Waals surface area contributed by atoms with E-state index in [1.54, 1.807) is 37.3 Å². The second kappa shape index (κ2) is 5.90. The van der Waals surface area contributed by atoms with Crippen molar-refractivity contribution in [1.29, 1.82) is 0 Å². The molecule has 0 atom stereocenters. The van der Waals surface area contributed by atoms with E-state index in [0.717, 1.165) is 0 Å². The van der Waals surface area contributed by atoms with Crippen LogP contribution in [0.25, 0.3) is 0 Å². The van der Waals surface area contributed by atoms with Gasteiger partial charge in [0.25, 0.3) is 5.69 Å². The molecule has 0 aliphatic carbocycles. The van der Waals surface area contributed by atoms with Crippen LogP contribution in [0.2, 0.25) is 5.02 Å². The number of nitro benzene ring substituents is 1. The summed E-state index contributed by atoms with van der Waals surface area (Å²) in [5.74, 6) is 0.755. The summed E-state index contributed by atoms with van der Waals surface area (Å²) in [5.41, 5.74) is 1.09. The molecule has 6 heteroatoms. The summed E-state index contributed by atoms with van der Waals surface area (Å²) in [4.78, 5) is 10.4. The Morgan fingerprint density at radius 1 is 1.30 bits per heavy atom. The summed E-state index contributed by atoms with van der Waals surface area (Å²) < 4.78 is 5.61. The van der Waals surface area contributed by atoms with Gasteiger partial charge in [0.05, 0.1) is 22.1 Å². The fourth-order valence-electron chi connectivity index (χ4n) is 1.76. The Bertz CT molecular complexity index is 658. The number of halogens is 1. The first kappa shape index (κ1) is 14.3. The fourth-order valence-corrected chi connectivity index (χ4v) is 2.00. The highest BCUT2D eigenvalue weighted by molar-refractivity contribution is 6.32. The van der Waals surface area contributed by atoms with Crippen LogP contribution in [0.1, 0.15) is 11.1 Å². The standard InChI is InChI=1S/C14H12ClNO4/c1-9-12(16(18)19)3-2-4-13(9)20-14-6-5-10(8-17)7-11(14)15/h2-7,17H,8H2,1H3. The quantitative estimate of drug-likeness (QED) is 0.686. The molecule has 0 bridgehead atoms. The molecule has 2 aromatic carbocycles. The van der Waals surface area contributed by atoms with Crippen molar-refractivity contribution in [1.82, 2.24) is 0 Å². The van der Waals surface area contributed by atoms with Crippen LogP contribution in [0, 0.1) is 17.0 Å². The number of aliphatic hydroxyl groups is 1. The highest BCUT2D eigenvalue weighted by Crippen LogP contribution is 2.34. The maximum Gasteiger partial charge on any atom is 0.276 e. The predicted molar refractivity (Wildman–Crippen MR) is 75.3 cm³/mol. The van der Waals surface area contributed by atoms with Crippen LogP contribution < -0.4 is 4.74 Å². The van der Waals surface area contributed by atoms with Crippen molar-refractivity contribution in [3.05, 3.63) is 62.7 Å². The molecule has 0 saturated heterocycles. The molecule has 0 amide bonds. The molecule has 2 aromatic rings. The lowest BCUT2D eigenvalue weighted by molar-refractivity contribution is -0.385. The Balaban J connectivity index is 2.35. The molecule has 104 valence electrons. The summed E-state index contributed by atoms with van der Waals surface area (Å²) in [7, 11) is 0. The SMILES string of the molecule is Cc1c(Oc2ccc(CO)cc2Cl)cccc1[N+](=O)[O-]. The van der Waals surface area contributed by atoms with E-state index in [1.807, 2.05) is 0 Å². The lowest BCUT2D eigenvalue weighted by atomic mass is 10.2. The van der Waals surface area contributed by atoms with Gasteiger partial charge in [0, 0.05) is 6.07 Å². The van der Waals surface area contributed by atoms with E-state index < -0.39 is 4.92 Å². The molecule has 0 aliphatic heterocycles. The molecule has 1 N–H and O–H groups in total. The number of nitrogens with zero attached hydrogens (tertiary/aromatic N) is 1. The summed E-state index contributed by atoms with van der Waals surface area (Å²) in [6.07, 6.45) is 0. The zero-order valence-electron chi connectivity index (χ0n) is 10.7. The van der Waals surface area contributed by atoms with E-state index in [1.165, 1.54) is 6.07 Å². The summed E-state index contributed by atoms with van der Waals surface area (Å²) >= 11 is 6.04. The largest absolute Gasteiger partial charge is 0.455 e. The van der Waals surface area contributed by atoms with E-state index in [0.29, 0.717) is 27.6 Å². The number of ether oxygens (including phenoxy) is 1. The fraction of sp³-hybridized carbons (Fsp3) is 0.143.